The minimum absolute atomic E-state index is 0.0388. The highest BCUT2D eigenvalue weighted by molar-refractivity contribution is 5.93. The van der Waals surface area contributed by atoms with E-state index in [1.54, 1.807) is 29.2 Å². The molecule has 7 heteroatoms. The third kappa shape index (κ3) is 5.41. The molecule has 2 fully saturated rings. The van der Waals surface area contributed by atoms with Crippen molar-refractivity contribution in [2.24, 2.45) is 11.8 Å². The highest BCUT2D eigenvalue weighted by atomic mass is 19.1. The highest BCUT2D eigenvalue weighted by Crippen LogP contribution is 2.38. The lowest BCUT2D eigenvalue weighted by Gasteiger charge is -2.35. The number of benzene rings is 2. The van der Waals surface area contributed by atoms with E-state index in [0.29, 0.717) is 37.4 Å². The van der Waals surface area contributed by atoms with E-state index in [9.17, 15) is 19.1 Å². The molecule has 1 aliphatic heterocycles. The SMILES string of the molecule is O=C(CCC(=O)N1C[C@H]2C[C@@H](Oc3ccc(F)cc3)[C@H](O)C[C@H]2C1)Nc1ccccc1. The standard InChI is InChI=1S/C24H27FN2O4/c25-18-6-8-20(9-7-18)31-22-13-17-15-27(14-16(17)12-21(22)28)24(30)11-10-23(29)26-19-4-2-1-3-5-19/h1-9,16-17,21-22,28H,10-15H2,(H,26,29)/t16-,17+,21+,22+/m0/s1. The molecule has 1 aliphatic carbocycles. The number of nitrogens with one attached hydrogen (secondary N) is 1. The van der Waals surface area contributed by atoms with Crippen LogP contribution in [0.4, 0.5) is 10.1 Å². The normalized spacial score (nSPS) is 25.0. The minimum Gasteiger partial charge on any atom is -0.488 e. The van der Waals surface area contributed by atoms with Gasteiger partial charge in [-0.1, -0.05) is 18.2 Å². The summed E-state index contributed by atoms with van der Waals surface area (Å²) in [5.74, 6) is 0.446. The third-order valence-corrected chi connectivity index (χ3v) is 6.16. The fraction of sp³-hybridized carbons (Fsp3) is 0.417. The van der Waals surface area contributed by atoms with Gasteiger partial charge in [0, 0.05) is 31.6 Å². The Balaban J connectivity index is 1.26. The van der Waals surface area contributed by atoms with Crippen LogP contribution in [0.5, 0.6) is 5.75 Å². The molecule has 164 valence electrons. The molecule has 0 radical (unpaired) electrons. The molecule has 4 atom stereocenters. The lowest BCUT2D eigenvalue weighted by Crippen LogP contribution is -2.42. The van der Waals surface area contributed by atoms with Crippen molar-refractivity contribution in [1.82, 2.24) is 4.90 Å². The first-order chi connectivity index (χ1) is 15.0. The number of hydrogen-bond acceptors (Lipinski definition) is 4. The second-order valence-electron chi connectivity index (χ2n) is 8.38. The number of carbonyl (C=O) groups excluding carboxylic acids is 2. The number of fused-ring (bicyclic) bond motifs is 1. The van der Waals surface area contributed by atoms with Crippen LogP contribution in [-0.2, 0) is 9.59 Å². The summed E-state index contributed by atoms with van der Waals surface area (Å²) in [6, 6.07) is 14.9. The van der Waals surface area contributed by atoms with Gasteiger partial charge in [0.05, 0.1) is 6.10 Å². The van der Waals surface area contributed by atoms with Gasteiger partial charge in [-0.3, -0.25) is 9.59 Å². The Hall–Kier alpha value is -2.93. The molecule has 2 aromatic rings. The molecule has 0 aromatic heterocycles. The van der Waals surface area contributed by atoms with E-state index in [-0.39, 0.29) is 48.4 Å². The Morgan fingerprint density at radius 3 is 2.39 bits per heavy atom. The smallest absolute Gasteiger partial charge is 0.224 e. The van der Waals surface area contributed by atoms with Gasteiger partial charge in [-0.2, -0.15) is 0 Å². The van der Waals surface area contributed by atoms with Crippen LogP contribution in [0.1, 0.15) is 25.7 Å². The molecule has 4 rings (SSSR count). The van der Waals surface area contributed by atoms with Gasteiger partial charge in [0.1, 0.15) is 17.7 Å². The van der Waals surface area contributed by atoms with Gasteiger partial charge in [-0.25, -0.2) is 4.39 Å². The zero-order chi connectivity index (χ0) is 21.8. The largest absolute Gasteiger partial charge is 0.488 e. The highest BCUT2D eigenvalue weighted by Gasteiger charge is 2.43. The van der Waals surface area contributed by atoms with Crippen molar-refractivity contribution >= 4 is 17.5 Å². The predicted octanol–water partition coefficient (Wildman–Crippen LogP) is 3.22. The van der Waals surface area contributed by atoms with Gasteiger partial charge in [0.2, 0.25) is 11.8 Å². The van der Waals surface area contributed by atoms with Gasteiger partial charge < -0.3 is 20.1 Å². The fourth-order valence-electron chi connectivity index (χ4n) is 4.53. The molecule has 1 heterocycles. The second kappa shape index (κ2) is 9.47. The van der Waals surface area contributed by atoms with Gasteiger partial charge in [0.15, 0.2) is 0 Å². The number of amides is 2. The van der Waals surface area contributed by atoms with E-state index in [1.165, 1.54) is 12.1 Å². The number of hydrogen-bond donors (Lipinski definition) is 2. The van der Waals surface area contributed by atoms with Crippen molar-refractivity contribution in [3.63, 3.8) is 0 Å². The number of aliphatic hydroxyl groups excluding tert-OH is 1. The summed E-state index contributed by atoms with van der Waals surface area (Å²) in [5, 5.41) is 13.3. The van der Waals surface area contributed by atoms with Gasteiger partial charge in [-0.15, -0.1) is 0 Å². The van der Waals surface area contributed by atoms with Gasteiger partial charge in [-0.05, 0) is 61.1 Å². The van der Waals surface area contributed by atoms with E-state index in [1.807, 2.05) is 18.2 Å². The van der Waals surface area contributed by atoms with Crippen molar-refractivity contribution in [3.05, 3.63) is 60.4 Å². The van der Waals surface area contributed by atoms with Crippen LogP contribution in [0, 0.1) is 17.7 Å². The maximum absolute atomic E-state index is 13.1. The zero-order valence-electron chi connectivity index (χ0n) is 17.2. The van der Waals surface area contributed by atoms with Crippen molar-refractivity contribution in [2.75, 3.05) is 18.4 Å². The summed E-state index contributed by atoms with van der Waals surface area (Å²) < 4.78 is 19.0. The number of likely N-dealkylation sites (tertiary alicyclic amines) is 1. The molecule has 2 aromatic carbocycles. The molecule has 2 amide bonds. The quantitative estimate of drug-likeness (QED) is 0.744. The fourth-order valence-corrected chi connectivity index (χ4v) is 4.53. The number of anilines is 1. The number of nitrogens with zero attached hydrogens (tertiary/aromatic N) is 1. The van der Waals surface area contributed by atoms with Crippen molar-refractivity contribution in [1.29, 1.82) is 0 Å². The molecule has 0 spiro atoms. The average Bonchev–Trinajstić information content (AvgIpc) is 3.17. The summed E-state index contributed by atoms with van der Waals surface area (Å²) in [7, 11) is 0. The number of ether oxygens (including phenoxy) is 1. The topological polar surface area (TPSA) is 78.9 Å². The Bertz CT molecular complexity index is 906. The molecule has 1 saturated heterocycles. The number of carbonyl (C=O) groups is 2. The molecule has 31 heavy (non-hydrogen) atoms. The maximum Gasteiger partial charge on any atom is 0.224 e. The number of aliphatic hydroxyl groups is 1. The molecule has 6 nitrogen and oxygen atoms in total. The van der Waals surface area contributed by atoms with Crippen molar-refractivity contribution in [3.8, 4) is 5.75 Å². The Labute approximate surface area is 181 Å². The third-order valence-electron chi connectivity index (χ3n) is 6.16. The van der Waals surface area contributed by atoms with E-state index >= 15 is 0 Å². The maximum atomic E-state index is 13.1. The molecule has 1 saturated carbocycles. The van der Waals surface area contributed by atoms with E-state index in [4.69, 9.17) is 4.74 Å². The summed E-state index contributed by atoms with van der Waals surface area (Å²) in [6.07, 6.45) is 0.502. The zero-order valence-corrected chi connectivity index (χ0v) is 17.2. The van der Waals surface area contributed by atoms with E-state index < -0.39 is 6.10 Å². The van der Waals surface area contributed by atoms with Crippen LogP contribution in [0.2, 0.25) is 0 Å². The van der Waals surface area contributed by atoms with E-state index in [2.05, 4.69) is 5.32 Å². The van der Waals surface area contributed by atoms with Crippen molar-refractivity contribution < 1.29 is 23.8 Å². The molecular formula is C24H27FN2O4. The second-order valence-corrected chi connectivity index (χ2v) is 8.38. The number of para-hydroxylation sites is 1. The summed E-state index contributed by atoms with van der Waals surface area (Å²) in [5.41, 5.74) is 0.716. The summed E-state index contributed by atoms with van der Waals surface area (Å²) >= 11 is 0. The van der Waals surface area contributed by atoms with Crippen molar-refractivity contribution in [2.45, 2.75) is 37.9 Å². The molecular weight excluding hydrogens is 399 g/mol. The van der Waals surface area contributed by atoms with Crippen LogP contribution in [0.15, 0.2) is 54.6 Å². The Morgan fingerprint density at radius 1 is 1.00 bits per heavy atom. The van der Waals surface area contributed by atoms with E-state index in [0.717, 1.165) is 0 Å². The summed E-state index contributed by atoms with van der Waals surface area (Å²) in [4.78, 5) is 26.6. The molecule has 2 N–H and O–H groups in total. The monoisotopic (exact) mass is 426 g/mol. The van der Waals surface area contributed by atoms with Gasteiger partial charge >= 0.3 is 0 Å². The lowest BCUT2D eigenvalue weighted by atomic mass is 9.78. The van der Waals surface area contributed by atoms with Gasteiger partial charge in [0.25, 0.3) is 0 Å². The predicted molar refractivity (Wildman–Crippen MR) is 114 cm³/mol. The van der Waals surface area contributed by atoms with Crippen LogP contribution in [-0.4, -0.2) is 47.1 Å². The first kappa shape index (κ1) is 21.3. The Morgan fingerprint density at radius 2 is 1.68 bits per heavy atom. The van der Waals surface area contributed by atoms with Crippen LogP contribution in [0.25, 0.3) is 0 Å². The molecule has 0 bridgehead atoms. The summed E-state index contributed by atoms with van der Waals surface area (Å²) in [6.45, 7) is 1.21. The minimum atomic E-state index is -0.627. The van der Waals surface area contributed by atoms with Crippen LogP contribution >= 0.6 is 0 Å². The van der Waals surface area contributed by atoms with Crippen LogP contribution in [0.3, 0.4) is 0 Å². The van der Waals surface area contributed by atoms with Crippen LogP contribution < -0.4 is 10.1 Å². The number of halogens is 1. The molecule has 0 unspecified atom stereocenters. The lowest BCUT2D eigenvalue weighted by molar-refractivity contribution is -0.132. The first-order valence-corrected chi connectivity index (χ1v) is 10.7. The average molecular weight is 426 g/mol. The first-order valence-electron chi connectivity index (χ1n) is 10.7. The molecule has 2 aliphatic rings. The number of rotatable bonds is 6. The Kier molecular flexibility index (Phi) is 6.51.